The summed E-state index contributed by atoms with van der Waals surface area (Å²) < 4.78 is 0. The molecule has 0 aliphatic rings. The summed E-state index contributed by atoms with van der Waals surface area (Å²) in [4.78, 5) is 10.5. The maximum Gasteiger partial charge on any atom is 0.332 e. The zero-order valence-electron chi connectivity index (χ0n) is 7.00. The first-order chi connectivity index (χ1) is 5.09. The van der Waals surface area contributed by atoms with E-state index in [4.69, 9.17) is 10.8 Å². The molecule has 0 radical (unpaired) electrons. The van der Waals surface area contributed by atoms with Crippen molar-refractivity contribution in [3.05, 3.63) is 11.6 Å². The van der Waals surface area contributed by atoms with Crippen molar-refractivity contribution >= 4 is 5.97 Å². The molecule has 0 saturated carbocycles. The summed E-state index contributed by atoms with van der Waals surface area (Å²) in [5, 5.41) is 8.62. The molecule has 0 heterocycles. The van der Waals surface area contributed by atoms with Crippen molar-refractivity contribution in [1.82, 2.24) is 0 Å². The van der Waals surface area contributed by atoms with Gasteiger partial charge in [-0.05, 0) is 13.3 Å². The molecule has 0 rings (SSSR count). The van der Waals surface area contributed by atoms with E-state index in [9.17, 15) is 4.79 Å². The average Bonchev–Trinajstić information content (AvgIpc) is 1.87. The molecule has 0 aliphatic heterocycles. The molecule has 0 aromatic heterocycles. The Morgan fingerprint density at radius 1 is 1.73 bits per heavy atom. The van der Waals surface area contributed by atoms with Gasteiger partial charge in [-0.15, -0.1) is 0 Å². The van der Waals surface area contributed by atoms with Gasteiger partial charge in [0.1, 0.15) is 0 Å². The lowest BCUT2D eigenvalue weighted by atomic mass is 10.1. The Bertz CT molecular complexity index is 161. The molecule has 0 amide bonds. The molecule has 3 N–H and O–H groups in total. The number of aliphatic carboxylic acids is 1. The number of carbonyl (C=O) groups is 1. The maximum atomic E-state index is 10.5. The minimum absolute atomic E-state index is 0.312. The molecule has 0 aromatic carbocycles. The molecule has 0 aliphatic carbocycles. The van der Waals surface area contributed by atoms with Crippen LogP contribution in [0.2, 0.25) is 0 Å². The van der Waals surface area contributed by atoms with E-state index in [2.05, 4.69) is 0 Å². The third kappa shape index (κ3) is 3.78. The minimum atomic E-state index is -0.909. The normalized spacial score (nSPS) is 14.6. The van der Waals surface area contributed by atoms with Crippen LogP contribution in [-0.2, 0) is 4.79 Å². The molecule has 1 atom stereocenters. The lowest BCUT2D eigenvalue weighted by molar-refractivity contribution is -0.132. The molecule has 0 fully saturated rings. The molecule has 1 unspecified atom stereocenters. The number of allylic oxidation sites excluding steroid dienone is 1. The highest BCUT2D eigenvalue weighted by molar-refractivity contribution is 5.87. The SMILES string of the molecule is CCCC=C(C(=O)O)C(C)N. The summed E-state index contributed by atoms with van der Waals surface area (Å²) >= 11 is 0. The lowest BCUT2D eigenvalue weighted by Crippen LogP contribution is -2.23. The molecule has 3 heteroatoms. The fourth-order valence-corrected chi connectivity index (χ4v) is 0.768. The van der Waals surface area contributed by atoms with Gasteiger partial charge in [-0.1, -0.05) is 19.4 Å². The topological polar surface area (TPSA) is 63.3 Å². The largest absolute Gasteiger partial charge is 0.478 e. The highest BCUT2D eigenvalue weighted by Crippen LogP contribution is 2.02. The van der Waals surface area contributed by atoms with Gasteiger partial charge in [0.15, 0.2) is 0 Å². The second-order valence-electron chi connectivity index (χ2n) is 2.54. The monoisotopic (exact) mass is 157 g/mol. The number of hydrogen-bond acceptors (Lipinski definition) is 2. The van der Waals surface area contributed by atoms with Crippen molar-refractivity contribution in [2.45, 2.75) is 32.7 Å². The van der Waals surface area contributed by atoms with Crippen LogP contribution in [0.15, 0.2) is 11.6 Å². The van der Waals surface area contributed by atoms with Crippen LogP contribution in [0.1, 0.15) is 26.7 Å². The number of unbranched alkanes of at least 4 members (excludes halogenated alkanes) is 1. The average molecular weight is 157 g/mol. The summed E-state index contributed by atoms with van der Waals surface area (Å²) in [6.45, 7) is 3.67. The van der Waals surface area contributed by atoms with Crippen LogP contribution in [0.5, 0.6) is 0 Å². The molecule has 0 bridgehead atoms. The highest BCUT2D eigenvalue weighted by Gasteiger charge is 2.10. The van der Waals surface area contributed by atoms with Gasteiger partial charge in [-0.25, -0.2) is 4.79 Å². The van der Waals surface area contributed by atoms with Crippen LogP contribution < -0.4 is 5.73 Å². The van der Waals surface area contributed by atoms with Crippen LogP contribution in [0.4, 0.5) is 0 Å². The predicted octanol–water partition coefficient (Wildman–Crippen LogP) is 1.14. The quantitative estimate of drug-likeness (QED) is 0.601. The van der Waals surface area contributed by atoms with Crippen LogP contribution in [0.3, 0.4) is 0 Å². The van der Waals surface area contributed by atoms with Crippen molar-refractivity contribution in [3.8, 4) is 0 Å². The van der Waals surface area contributed by atoms with Crippen molar-refractivity contribution in [3.63, 3.8) is 0 Å². The van der Waals surface area contributed by atoms with E-state index >= 15 is 0 Å². The second kappa shape index (κ2) is 4.91. The summed E-state index contributed by atoms with van der Waals surface area (Å²) in [6.07, 6.45) is 3.42. The van der Waals surface area contributed by atoms with E-state index in [0.29, 0.717) is 5.57 Å². The number of hydrogen-bond donors (Lipinski definition) is 2. The van der Waals surface area contributed by atoms with Gasteiger partial charge >= 0.3 is 5.97 Å². The molecular formula is C8H15NO2. The maximum absolute atomic E-state index is 10.5. The Labute approximate surface area is 66.9 Å². The van der Waals surface area contributed by atoms with Gasteiger partial charge in [0.25, 0.3) is 0 Å². The molecular weight excluding hydrogens is 142 g/mol. The number of rotatable bonds is 4. The van der Waals surface area contributed by atoms with Crippen LogP contribution in [0.25, 0.3) is 0 Å². The number of nitrogens with two attached hydrogens (primary N) is 1. The van der Waals surface area contributed by atoms with Crippen molar-refractivity contribution < 1.29 is 9.90 Å². The Hall–Kier alpha value is -0.830. The molecule has 0 spiro atoms. The molecule has 3 nitrogen and oxygen atoms in total. The van der Waals surface area contributed by atoms with Crippen molar-refractivity contribution in [1.29, 1.82) is 0 Å². The van der Waals surface area contributed by atoms with Crippen molar-refractivity contribution in [2.75, 3.05) is 0 Å². The van der Waals surface area contributed by atoms with Gasteiger partial charge in [0.2, 0.25) is 0 Å². The second-order valence-corrected chi connectivity index (χ2v) is 2.54. The first-order valence-corrected chi connectivity index (χ1v) is 3.78. The third-order valence-electron chi connectivity index (χ3n) is 1.39. The van der Waals surface area contributed by atoms with E-state index in [1.807, 2.05) is 6.92 Å². The van der Waals surface area contributed by atoms with Gasteiger partial charge in [-0.3, -0.25) is 0 Å². The summed E-state index contributed by atoms with van der Waals surface area (Å²) in [7, 11) is 0. The Kier molecular flexibility index (Phi) is 4.54. The van der Waals surface area contributed by atoms with Gasteiger partial charge in [0, 0.05) is 11.6 Å². The fourth-order valence-electron chi connectivity index (χ4n) is 0.768. The Balaban J connectivity index is 4.21. The molecule has 0 saturated heterocycles. The summed E-state index contributed by atoms with van der Waals surface area (Å²) in [5.74, 6) is -0.909. The van der Waals surface area contributed by atoms with Gasteiger partial charge in [-0.2, -0.15) is 0 Å². The van der Waals surface area contributed by atoms with E-state index in [-0.39, 0.29) is 6.04 Å². The zero-order chi connectivity index (χ0) is 8.85. The molecule has 11 heavy (non-hydrogen) atoms. The van der Waals surface area contributed by atoms with Crippen LogP contribution in [-0.4, -0.2) is 17.1 Å². The highest BCUT2D eigenvalue weighted by atomic mass is 16.4. The fraction of sp³-hybridized carbons (Fsp3) is 0.625. The van der Waals surface area contributed by atoms with Gasteiger partial charge < -0.3 is 10.8 Å². The predicted molar refractivity (Wildman–Crippen MR) is 44.3 cm³/mol. The smallest absolute Gasteiger partial charge is 0.332 e. The van der Waals surface area contributed by atoms with Crippen LogP contribution >= 0.6 is 0 Å². The Morgan fingerprint density at radius 2 is 2.27 bits per heavy atom. The van der Waals surface area contributed by atoms with Crippen LogP contribution in [0, 0.1) is 0 Å². The Morgan fingerprint density at radius 3 is 2.55 bits per heavy atom. The minimum Gasteiger partial charge on any atom is -0.478 e. The van der Waals surface area contributed by atoms with E-state index in [0.717, 1.165) is 12.8 Å². The lowest BCUT2D eigenvalue weighted by Gasteiger charge is -2.04. The standard InChI is InChI=1S/C8H15NO2/c1-3-4-5-7(6(2)9)8(10)11/h5-6H,3-4,9H2,1-2H3,(H,10,11). The number of carboxylic acid groups (broad SMARTS) is 1. The number of carboxylic acids is 1. The summed E-state index contributed by atoms with van der Waals surface area (Å²) in [6, 6.07) is -0.376. The molecule has 64 valence electrons. The first kappa shape index (κ1) is 10.2. The van der Waals surface area contributed by atoms with Crippen molar-refractivity contribution in [2.24, 2.45) is 5.73 Å². The van der Waals surface area contributed by atoms with E-state index in [1.54, 1.807) is 13.0 Å². The van der Waals surface area contributed by atoms with E-state index in [1.165, 1.54) is 0 Å². The summed E-state index contributed by atoms with van der Waals surface area (Å²) in [5.41, 5.74) is 5.74. The third-order valence-corrected chi connectivity index (χ3v) is 1.39. The molecule has 0 aromatic rings. The zero-order valence-corrected chi connectivity index (χ0v) is 7.00. The van der Waals surface area contributed by atoms with Gasteiger partial charge in [0.05, 0.1) is 0 Å². The first-order valence-electron chi connectivity index (χ1n) is 3.78. The van der Waals surface area contributed by atoms with E-state index < -0.39 is 5.97 Å².